The number of rotatable bonds is 4. The van der Waals surface area contributed by atoms with Crippen LogP contribution in [-0.2, 0) is 0 Å². The largest absolute Gasteiger partial charge is 0.481 e. The first-order valence-corrected chi connectivity index (χ1v) is 6.48. The summed E-state index contributed by atoms with van der Waals surface area (Å²) in [6.07, 6.45) is 5.16. The normalized spacial score (nSPS) is 10.3. The minimum Gasteiger partial charge on any atom is -0.481 e. The third kappa shape index (κ3) is 2.63. The first-order valence-electron chi connectivity index (χ1n) is 6.48. The van der Waals surface area contributed by atoms with Crippen molar-refractivity contribution in [3.8, 4) is 29.5 Å². The van der Waals surface area contributed by atoms with E-state index in [2.05, 4.69) is 10.9 Å². The molecule has 3 aromatic rings. The van der Waals surface area contributed by atoms with Crippen LogP contribution in [0.3, 0.4) is 0 Å². The topological polar surface area (TPSA) is 72.6 Å². The molecule has 5 nitrogen and oxygen atoms in total. The second-order valence-corrected chi connectivity index (χ2v) is 4.53. The molecule has 0 saturated heterocycles. The van der Waals surface area contributed by atoms with Crippen LogP contribution in [0.2, 0.25) is 0 Å². The number of oxazole rings is 1. The van der Waals surface area contributed by atoms with Gasteiger partial charge in [-0.1, -0.05) is 12.0 Å². The van der Waals surface area contributed by atoms with Crippen molar-refractivity contribution in [3.63, 3.8) is 0 Å². The maximum absolute atomic E-state index is 11.0. The van der Waals surface area contributed by atoms with Gasteiger partial charge in [0.2, 0.25) is 5.89 Å². The number of benzene rings is 2. The number of ether oxygens (including phenoxy) is 1. The Morgan fingerprint density at radius 3 is 2.95 bits per heavy atom. The predicted molar refractivity (Wildman–Crippen MR) is 80.7 cm³/mol. The zero-order valence-electron chi connectivity index (χ0n) is 11.4. The van der Waals surface area contributed by atoms with Gasteiger partial charge in [-0.05, 0) is 36.4 Å². The van der Waals surface area contributed by atoms with Gasteiger partial charge in [-0.2, -0.15) is 0 Å². The number of aromatic carboxylic acids is 1. The fourth-order valence-electron chi connectivity index (χ4n) is 2.03. The summed E-state index contributed by atoms with van der Waals surface area (Å²) in [5, 5.41) is 8.99. The molecule has 5 heteroatoms. The van der Waals surface area contributed by atoms with Crippen LogP contribution < -0.4 is 4.74 Å². The molecule has 0 amide bonds. The molecular formula is C17H11NO4. The number of hydrogen-bond acceptors (Lipinski definition) is 4. The van der Waals surface area contributed by atoms with E-state index in [1.54, 1.807) is 24.3 Å². The molecule has 0 aliphatic carbocycles. The van der Waals surface area contributed by atoms with Crippen LogP contribution in [0.15, 0.2) is 46.9 Å². The summed E-state index contributed by atoms with van der Waals surface area (Å²) in [5.41, 5.74) is 1.89. The molecule has 0 aliphatic rings. The molecule has 0 fully saturated rings. The fourth-order valence-corrected chi connectivity index (χ4v) is 2.03. The standard InChI is InChI=1S/C17H11NO4/c1-2-8-21-13-5-3-4-11(9-13)16-18-14-7-6-12(17(19)20)10-15(14)22-16/h1,3-7,9-10H,8H2,(H,19,20). The van der Waals surface area contributed by atoms with E-state index in [0.717, 1.165) is 5.56 Å². The van der Waals surface area contributed by atoms with E-state index in [-0.39, 0.29) is 12.2 Å². The van der Waals surface area contributed by atoms with E-state index in [4.69, 9.17) is 20.7 Å². The van der Waals surface area contributed by atoms with Crippen LogP contribution in [0.25, 0.3) is 22.6 Å². The molecule has 0 bridgehead atoms. The maximum atomic E-state index is 11.0. The summed E-state index contributed by atoms with van der Waals surface area (Å²) in [6.45, 7) is 0.180. The van der Waals surface area contributed by atoms with Gasteiger partial charge in [-0.3, -0.25) is 0 Å². The third-order valence-electron chi connectivity index (χ3n) is 3.04. The van der Waals surface area contributed by atoms with Gasteiger partial charge < -0.3 is 14.3 Å². The molecule has 108 valence electrons. The van der Waals surface area contributed by atoms with Crippen LogP contribution in [0.5, 0.6) is 5.75 Å². The van der Waals surface area contributed by atoms with Crippen molar-refractivity contribution in [2.75, 3.05) is 6.61 Å². The van der Waals surface area contributed by atoms with E-state index in [1.807, 2.05) is 6.07 Å². The molecule has 1 aromatic heterocycles. The highest BCUT2D eigenvalue weighted by Crippen LogP contribution is 2.27. The molecule has 22 heavy (non-hydrogen) atoms. The van der Waals surface area contributed by atoms with Gasteiger partial charge >= 0.3 is 5.97 Å². The highest BCUT2D eigenvalue weighted by molar-refractivity contribution is 5.92. The van der Waals surface area contributed by atoms with Crippen LogP contribution in [0.4, 0.5) is 0 Å². The van der Waals surface area contributed by atoms with Gasteiger partial charge in [0, 0.05) is 5.56 Å². The van der Waals surface area contributed by atoms with Crippen molar-refractivity contribution < 1.29 is 19.1 Å². The first kappa shape index (κ1) is 13.7. The van der Waals surface area contributed by atoms with Crippen molar-refractivity contribution >= 4 is 17.1 Å². The number of carbonyl (C=O) groups is 1. The molecule has 3 rings (SSSR count). The van der Waals surface area contributed by atoms with Gasteiger partial charge in [0.1, 0.15) is 17.9 Å². The Hall–Kier alpha value is -3.26. The van der Waals surface area contributed by atoms with Crippen molar-refractivity contribution in [1.82, 2.24) is 4.98 Å². The predicted octanol–water partition coefficient (Wildman–Crippen LogP) is 3.21. The summed E-state index contributed by atoms with van der Waals surface area (Å²) in [4.78, 5) is 15.3. The smallest absolute Gasteiger partial charge is 0.335 e. The zero-order chi connectivity index (χ0) is 15.5. The number of carboxylic acids is 1. The monoisotopic (exact) mass is 293 g/mol. The molecule has 0 unspecified atom stereocenters. The van der Waals surface area contributed by atoms with Gasteiger partial charge in [-0.25, -0.2) is 9.78 Å². The summed E-state index contributed by atoms with van der Waals surface area (Å²) >= 11 is 0. The van der Waals surface area contributed by atoms with Gasteiger partial charge in [0.25, 0.3) is 0 Å². The lowest BCUT2D eigenvalue weighted by Gasteiger charge is -2.02. The van der Waals surface area contributed by atoms with Crippen LogP contribution in [-0.4, -0.2) is 22.7 Å². The molecule has 1 heterocycles. The van der Waals surface area contributed by atoms with Gasteiger partial charge in [0.05, 0.1) is 5.56 Å². The first-order chi connectivity index (χ1) is 10.7. The lowest BCUT2D eigenvalue weighted by molar-refractivity contribution is 0.0697. The quantitative estimate of drug-likeness (QED) is 0.748. The maximum Gasteiger partial charge on any atom is 0.335 e. The fraction of sp³-hybridized carbons (Fsp3) is 0.0588. The molecule has 0 spiro atoms. The van der Waals surface area contributed by atoms with Crippen molar-refractivity contribution in [2.45, 2.75) is 0 Å². The minimum absolute atomic E-state index is 0.154. The second-order valence-electron chi connectivity index (χ2n) is 4.53. The number of terminal acetylenes is 1. The average molecular weight is 293 g/mol. The van der Waals surface area contributed by atoms with Gasteiger partial charge in [-0.15, -0.1) is 6.42 Å². The Balaban J connectivity index is 1.99. The molecular weight excluding hydrogens is 282 g/mol. The minimum atomic E-state index is -1.01. The number of aromatic nitrogens is 1. The summed E-state index contributed by atoms with van der Waals surface area (Å²) in [6, 6.07) is 11.7. The SMILES string of the molecule is C#CCOc1cccc(-c2nc3ccc(C(=O)O)cc3o2)c1. The Morgan fingerprint density at radius 2 is 2.18 bits per heavy atom. The van der Waals surface area contributed by atoms with E-state index in [0.29, 0.717) is 22.7 Å². The van der Waals surface area contributed by atoms with E-state index >= 15 is 0 Å². The van der Waals surface area contributed by atoms with Crippen LogP contribution in [0, 0.1) is 12.3 Å². The summed E-state index contributed by atoms with van der Waals surface area (Å²) in [5.74, 6) is 2.39. The lowest BCUT2D eigenvalue weighted by Crippen LogP contribution is -1.94. The number of nitrogens with zero attached hydrogens (tertiary/aromatic N) is 1. The Morgan fingerprint density at radius 1 is 1.32 bits per heavy atom. The van der Waals surface area contributed by atoms with E-state index < -0.39 is 5.97 Å². The van der Waals surface area contributed by atoms with E-state index in [1.165, 1.54) is 12.1 Å². The summed E-state index contributed by atoms with van der Waals surface area (Å²) in [7, 11) is 0. The van der Waals surface area contributed by atoms with E-state index in [9.17, 15) is 4.79 Å². The number of fused-ring (bicyclic) bond motifs is 1. The summed E-state index contributed by atoms with van der Waals surface area (Å²) < 4.78 is 11.0. The lowest BCUT2D eigenvalue weighted by atomic mass is 10.2. The van der Waals surface area contributed by atoms with Crippen molar-refractivity contribution in [3.05, 3.63) is 48.0 Å². The zero-order valence-corrected chi connectivity index (χ0v) is 11.4. The molecule has 1 N–H and O–H groups in total. The van der Waals surface area contributed by atoms with Crippen molar-refractivity contribution in [2.24, 2.45) is 0 Å². The van der Waals surface area contributed by atoms with Crippen LogP contribution in [0.1, 0.15) is 10.4 Å². The van der Waals surface area contributed by atoms with Crippen molar-refractivity contribution in [1.29, 1.82) is 0 Å². The van der Waals surface area contributed by atoms with Crippen LogP contribution >= 0.6 is 0 Å². The third-order valence-corrected chi connectivity index (χ3v) is 3.04. The highest BCUT2D eigenvalue weighted by Gasteiger charge is 2.11. The number of hydrogen-bond donors (Lipinski definition) is 1. The molecule has 0 saturated carbocycles. The Labute approximate surface area is 126 Å². The Kier molecular flexibility index (Phi) is 3.50. The molecule has 2 aromatic carbocycles. The molecule has 0 radical (unpaired) electrons. The molecule has 0 aliphatic heterocycles. The second kappa shape index (κ2) is 5.62. The highest BCUT2D eigenvalue weighted by atomic mass is 16.5. The number of carboxylic acid groups (broad SMARTS) is 1. The Bertz CT molecular complexity index is 889. The molecule has 0 atom stereocenters. The average Bonchev–Trinajstić information content (AvgIpc) is 2.96. The van der Waals surface area contributed by atoms with Gasteiger partial charge in [0.15, 0.2) is 5.58 Å².